The molecule has 1 aromatic carbocycles. The van der Waals surface area contributed by atoms with Crippen LogP contribution in [0.15, 0.2) is 24.4 Å². The van der Waals surface area contributed by atoms with Crippen LogP contribution in [0.25, 0.3) is 0 Å². The maximum absolute atomic E-state index is 11.9. The molecule has 2 rings (SSSR count). The fourth-order valence-corrected chi connectivity index (χ4v) is 3.13. The van der Waals surface area contributed by atoms with E-state index < -0.39 is 6.04 Å². The van der Waals surface area contributed by atoms with Gasteiger partial charge in [-0.3, -0.25) is 9.59 Å². The number of carbonyl (C=O) groups excluding carboxylic acids is 2. The van der Waals surface area contributed by atoms with E-state index in [2.05, 4.69) is 15.6 Å². The second-order valence-electron chi connectivity index (χ2n) is 4.93. The Bertz CT molecular complexity index is 733. The molecule has 0 radical (unpaired) electrons. The molecule has 1 atom stereocenters. The number of rotatable bonds is 5. The normalized spacial score (nSPS) is 11.8. The fourth-order valence-electron chi connectivity index (χ4n) is 1.90. The van der Waals surface area contributed by atoms with E-state index >= 15 is 0 Å². The Kier molecular flexibility index (Phi) is 5.98. The van der Waals surface area contributed by atoms with Gasteiger partial charge in [-0.15, -0.1) is 11.3 Å². The second kappa shape index (κ2) is 7.77. The summed E-state index contributed by atoms with van der Waals surface area (Å²) in [5.74, 6) is -0.579. The molecule has 5 nitrogen and oxygen atoms in total. The monoisotopic (exact) mass is 371 g/mol. The summed E-state index contributed by atoms with van der Waals surface area (Å²) in [6.07, 6.45) is 2.26. The van der Waals surface area contributed by atoms with Gasteiger partial charge in [0.2, 0.25) is 11.8 Å². The maximum atomic E-state index is 11.9. The highest BCUT2D eigenvalue weighted by Gasteiger charge is 2.15. The molecular weight excluding hydrogens is 357 g/mol. The Hall–Kier alpha value is -1.63. The van der Waals surface area contributed by atoms with Gasteiger partial charge < -0.3 is 10.6 Å². The van der Waals surface area contributed by atoms with Crippen molar-refractivity contribution in [1.82, 2.24) is 10.3 Å². The number of nitrogens with zero attached hydrogens (tertiary/aromatic N) is 1. The fraction of sp³-hybridized carbons (Fsp3) is 0.267. The number of anilines is 1. The molecule has 1 aromatic heterocycles. The first kappa shape index (κ1) is 17.7. The highest BCUT2D eigenvalue weighted by molar-refractivity contribution is 7.15. The summed E-state index contributed by atoms with van der Waals surface area (Å²) in [6, 6.07) is 4.84. The van der Waals surface area contributed by atoms with Crippen molar-refractivity contribution in [2.45, 2.75) is 26.3 Å². The predicted octanol–water partition coefficient (Wildman–Crippen LogP) is 3.50. The van der Waals surface area contributed by atoms with Crippen molar-refractivity contribution in [3.8, 4) is 0 Å². The van der Waals surface area contributed by atoms with E-state index in [4.69, 9.17) is 23.2 Å². The molecule has 0 fully saturated rings. The quantitative estimate of drug-likeness (QED) is 0.844. The summed E-state index contributed by atoms with van der Waals surface area (Å²) >= 11 is 13.5. The zero-order valence-electron chi connectivity index (χ0n) is 12.5. The molecule has 0 bridgehead atoms. The van der Waals surface area contributed by atoms with Crippen LogP contribution < -0.4 is 10.6 Å². The van der Waals surface area contributed by atoms with E-state index in [9.17, 15) is 9.59 Å². The Morgan fingerprint density at radius 1 is 1.35 bits per heavy atom. The van der Waals surface area contributed by atoms with Gasteiger partial charge in [0.05, 0.1) is 10.0 Å². The number of hydrogen-bond acceptors (Lipinski definition) is 4. The largest absolute Gasteiger partial charge is 0.345 e. The number of halogens is 2. The average molecular weight is 372 g/mol. The second-order valence-corrected chi connectivity index (χ2v) is 6.83. The molecule has 2 aromatic rings. The van der Waals surface area contributed by atoms with Gasteiger partial charge in [-0.2, -0.15) is 0 Å². The number of carbonyl (C=O) groups is 2. The molecule has 0 saturated carbocycles. The number of benzene rings is 1. The molecule has 2 N–H and O–H groups in total. The third-order valence-corrected chi connectivity index (χ3v) is 4.76. The Balaban J connectivity index is 2.02. The molecule has 2 amide bonds. The van der Waals surface area contributed by atoms with Gasteiger partial charge in [-0.1, -0.05) is 35.3 Å². The maximum Gasteiger partial charge on any atom is 0.248 e. The van der Waals surface area contributed by atoms with Crippen LogP contribution in [0.4, 0.5) is 5.13 Å². The standard InChI is InChI=1S/C15H15Cl2N3O2S/c1-8(19-9(2)21)14(22)20-15-18-7-11(23-15)6-10-4-3-5-12(16)13(10)17/h3-5,7-8H,6H2,1-2H3,(H,19,21)(H,18,20,22). The van der Waals surface area contributed by atoms with Crippen LogP contribution in [0, 0.1) is 0 Å². The number of aromatic nitrogens is 1. The molecule has 0 aliphatic carbocycles. The summed E-state index contributed by atoms with van der Waals surface area (Å²) in [6.45, 7) is 2.97. The van der Waals surface area contributed by atoms with Crippen LogP contribution in [0.5, 0.6) is 0 Å². The van der Waals surface area contributed by atoms with E-state index in [-0.39, 0.29) is 11.8 Å². The minimum Gasteiger partial charge on any atom is -0.345 e. The minimum absolute atomic E-state index is 0.261. The lowest BCUT2D eigenvalue weighted by Crippen LogP contribution is -2.40. The van der Waals surface area contributed by atoms with Crippen molar-refractivity contribution in [3.63, 3.8) is 0 Å². The molecule has 0 spiro atoms. The number of amides is 2. The summed E-state index contributed by atoms with van der Waals surface area (Å²) in [5.41, 5.74) is 0.896. The first-order chi connectivity index (χ1) is 10.9. The zero-order chi connectivity index (χ0) is 17.0. The molecule has 0 aliphatic heterocycles. The molecular formula is C15H15Cl2N3O2S. The van der Waals surface area contributed by atoms with Crippen LogP contribution in [0.1, 0.15) is 24.3 Å². The number of nitrogens with one attached hydrogen (secondary N) is 2. The topological polar surface area (TPSA) is 71.1 Å². The van der Waals surface area contributed by atoms with Gasteiger partial charge in [-0.05, 0) is 18.6 Å². The summed E-state index contributed by atoms with van der Waals surface area (Å²) < 4.78 is 0. The lowest BCUT2D eigenvalue weighted by Gasteiger charge is -2.10. The molecule has 23 heavy (non-hydrogen) atoms. The van der Waals surface area contributed by atoms with E-state index in [0.717, 1.165) is 10.4 Å². The Morgan fingerprint density at radius 3 is 2.78 bits per heavy atom. The van der Waals surface area contributed by atoms with Crippen LogP contribution in [-0.4, -0.2) is 22.8 Å². The summed E-state index contributed by atoms with van der Waals surface area (Å²) in [4.78, 5) is 28.0. The smallest absolute Gasteiger partial charge is 0.248 e. The Labute approximate surface area is 148 Å². The van der Waals surface area contributed by atoms with Crippen molar-refractivity contribution in [1.29, 1.82) is 0 Å². The molecule has 0 aliphatic rings. The lowest BCUT2D eigenvalue weighted by atomic mass is 10.1. The number of hydrogen-bond donors (Lipinski definition) is 2. The minimum atomic E-state index is -0.623. The van der Waals surface area contributed by atoms with E-state index in [1.165, 1.54) is 18.3 Å². The van der Waals surface area contributed by atoms with Gasteiger partial charge in [0.25, 0.3) is 0 Å². The average Bonchev–Trinajstić information content (AvgIpc) is 2.90. The predicted molar refractivity (Wildman–Crippen MR) is 93.3 cm³/mol. The van der Waals surface area contributed by atoms with Gasteiger partial charge in [0.15, 0.2) is 5.13 Å². The van der Waals surface area contributed by atoms with Gasteiger partial charge in [-0.25, -0.2) is 4.98 Å². The van der Waals surface area contributed by atoms with Crippen LogP contribution in [0.3, 0.4) is 0 Å². The first-order valence-corrected chi connectivity index (χ1v) is 8.39. The molecule has 1 heterocycles. The van der Waals surface area contributed by atoms with Crippen molar-refractivity contribution in [2.75, 3.05) is 5.32 Å². The van der Waals surface area contributed by atoms with Crippen molar-refractivity contribution < 1.29 is 9.59 Å². The lowest BCUT2D eigenvalue weighted by molar-refractivity contribution is -0.124. The van der Waals surface area contributed by atoms with E-state index in [1.54, 1.807) is 19.2 Å². The summed E-state index contributed by atoms with van der Waals surface area (Å²) in [5, 5.41) is 6.69. The molecule has 122 valence electrons. The van der Waals surface area contributed by atoms with Gasteiger partial charge in [0.1, 0.15) is 6.04 Å². The van der Waals surface area contributed by atoms with Crippen LogP contribution in [-0.2, 0) is 16.0 Å². The molecule has 8 heteroatoms. The van der Waals surface area contributed by atoms with Gasteiger partial charge >= 0.3 is 0 Å². The zero-order valence-corrected chi connectivity index (χ0v) is 14.9. The number of thiazole rings is 1. The third kappa shape index (κ3) is 4.92. The van der Waals surface area contributed by atoms with Crippen LogP contribution in [0.2, 0.25) is 10.0 Å². The van der Waals surface area contributed by atoms with E-state index in [1.807, 2.05) is 12.1 Å². The SMILES string of the molecule is CC(=O)NC(C)C(=O)Nc1ncc(Cc2cccc(Cl)c2Cl)s1. The molecule has 0 saturated heterocycles. The summed E-state index contributed by atoms with van der Waals surface area (Å²) in [7, 11) is 0. The Morgan fingerprint density at radius 2 is 2.09 bits per heavy atom. The first-order valence-electron chi connectivity index (χ1n) is 6.82. The van der Waals surface area contributed by atoms with Crippen molar-refractivity contribution >= 4 is 51.5 Å². The highest BCUT2D eigenvalue weighted by atomic mass is 35.5. The van der Waals surface area contributed by atoms with Crippen molar-refractivity contribution in [3.05, 3.63) is 44.9 Å². The third-order valence-electron chi connectivity index (χ3n) is 2.99. The highest BCUT2D eigenvalue weighted by Crippen LogP contribution is 2.29. The van der Waals surface area contributed by atoms with Crippen molar-refractivity contribution in [2.24, 2.45) is 0 Å². The van der Waals surface area contributed by atoms with E-state index in [0.29, 0.717) is 21.6 Å². The molecule has 1 unspecified atom stereocenters. The van der Waals surface area contributed by atoms with Gasteiger partial charge in [0, 0.05) is 24.4 Å². The van der Waals surface area contributed by atoms with Crippen LogP contribution >= 0.6 is 34.5 Å².